The number of nitrogens with zero attached hydrogens (tertiary/aromatic N) is 3. The topological polar surface area (TPSA) is 67.4 Å². The molecular formula is C25H25N3O4. The summed E-state index contributed by atoms with van der Waals surface area (Å²) in [5, 5.41) is 0.496. The lowest BCUT2D eigenvalue weighted by molar-refractivity contribution is 0.174. The first-order valence-corrected chi connectivity index (χ1v) is 10.5. The highest BCUT2D eigenvalue weighted by molar-refractivity contribution is 5.95. The molecule has 0 radical (unpaired) electrons. The highest BCUT2D eigenvalue weighted by atomic mass is 16.7. The SMILES string of the molecule is Cn1c(=O)c2c(-c3ccc(C(C)(C)C)cc3)n(-c3ccc4c(c3)OCO4)cc2n(C)c1=O. The number of aryl methyl sites for hydroxylation is 1. The van der Waals surface area contributed by atoms with Crippen LogP contribution in [0.25, 0.3) is 27.8 Å². The van der Waals surface area contributed by atoms with Gasteiger partial charge in [-0.2, -0.15) is 0 Å². The summed E-state index contributed by atoms with van der Waals surface area (Å²) in [6, 6.07) is 13.9. The molecule has 7 nitrogen and oxygen atoms in total. The second-order valence-electron chi connectivity index (χ2n) is 9.18. The minimum atomic E-state index is -0.361. The Kier molecular flexibility index (Phi) is 4.34. The van der Waals surface area contributed by atoms with Gasteiger partial charge in [0, 0.05) is 32.0 Å². The Morgan fingerprint density at radius 3 is 2.25 bits per heavy atom. The van der Waals surface area contributed by atoms with E-state index in [1.807, 2.05) is 41.1 Å². The molecule has 0 fully saturated rings. The molecule has 4 aromatic rings. The van der Waals surface area contributed by atoms with E-state index >= 15 is 0 Å². The lowest BCUT2D eigenvalue weighted by atomic mass is 9.86. The van der Waals surface area contributed by atoms with Crippen LogP contribution in [0.1, 0.15) is 26.3 Å². The van der Waals surface area contributed by atoms with E-state index in [2.05, 4.69) is 32.9 Å². The van der Waals surface area contributed by atoms with Gasteiger partial charge in [0.25, 0.3) is 5.56 Å². The summed E-state index contributed by atoms with van der Waals surface area (Å²) in [6.45, 7) is 6.68. The van der Waals surface area contributed by atoms with Crippen molar-refractivity contribution < 1.29 is 9.47 Å². The molecule has 164 valence electrons. The molecule has 0 amide bonds. The quantitative estimate of drug-likeness (QED) is 0.485. The molecule has 32 heavy (non-hydrogen) atoms. The van der Waals surface area contributed by atoms with Crippen LogP contribution >= 0.6 is 0 Å². The van der Waals surface area contributed by atoms with Crippen LogP contribution in [0.5, 0.6) is 11.5 Å². The summed E-state index contributed by atoms with van der Waals surface area (Å²) in [5.41, 5.74) is 3.54. The molecule has 0 spiro atoms. The number of ether oxygens (including phenoxy) is 2. The second kappa shape index (κ2) is 6.88. The Morgan fingerprint density at radius 2 is 1.56 bits per heavy atom. The molecule has 2 aromatic carbocycles. The van der Waals surface area contributed by atoms with Crippen molar-refractivity contribution >= 4 is 10.9 Å². The summed E-state index contributed by atoms with van der Waals surface area (Å²) in [6.07, 6.45) is 1.84. The maximum atomic E-state index is 13.2. The van der Waals surface area contributed by atoms with E-state index in [0.29, 0.717) is 22.4 Å². The minimum absolute atomic E-state index is 0.0138. The average Bonchev–Trinajstić information content (AvgIpc) is 3.40. The summed E-state index contributed by atoms with van der Waals surface area (Å²) >= 11 is 0. The second-order valence-corrected chi connectivity index (χ2v) is 9.18. The first-order chi connectivity index (χ1) is 15.2. The van der Waals surface area contributed by atoms with E-state index in [1.54, 1.807) is 7.05 Å². The number of rotatable bonds is 2. The monoisotopic (exact) mass is 431 g/mol. The standard InChI is InChI=1S/C25H25N3O4/c1-25(2,3)16-8-6-15(7-9-16)22-21-18(26(4)24(30)27(5)23(21)29)13-28(22)17-10-11-19-20(12-17)32-14-31-19/h6-13H,14H2,1-5H3. The average molecular weight is 431 g/mol. The fourth-order valence-corrected chi connectivity index (χ4v) is 4.19. The highest BCUT2D eigenvalue weighted by Crippen LogP contribution is 2.37. The van der Waals surface area contributed by atoms with Gasteiger partial charge in [-0.15, -0.1) is 0 Å². The zero-order valence-electron chi connectivity index (χ0n) is 18.8. The largest absolute Gasteiger partial charge is 0.454 e. The number of aromatic nitrogens is 3. The predicted octanol–water partition coefficient (Wildman–Crippen LogP) is 3.72. The van der Waals surface area contributed by atoms with E-state index in [1.165, 1.54) is 17.2 Å². The molecule has 0 atom stereocenters. The van der Waals surface area contributed by atoms with E-state index < -0.39 is 0 Å². The van der Waals surface area contributed by atoms with Crippen LogP contribution in [0, 0.1) is 0 Å². The molecule has 2 aromatic heterocycles. The molecule has 0 bridgehead atoms. The van der Waals surface area contributed by atoms with E-state index in [0.717, 1.165) is 21.5 Å². The first kappa shape index (κ1) is 20.2. The van der Waals surface area contributed by atoms with Crippen molar-refractivity contribution in [2.45, 2.75) is 26.2 Å². The molecule has 0 unspecified atom stereocenters. The van der Waals surface area contributed by atoms with Gasteiger partial charge < -0.3 is 14.0 Å². The Hall–Kier alpha value is -3.74. The third-order valence-electron chi connectivity index (χ3n) is 6.10. The van der Waals surface area contributed by atoms with E-state index in [9.17, 15) is 9.59 Å². The van der Waals surface area contributed by atoms with Gasteiger partial charge in [-0.25, -0.2) is 4.79 Å². The van der Waals surface area contributed by atoms with Gasteiger partial charge in [0.15, 0.2) is 11.5 Å². The molecule has 3 heterocycles. The summed E-state index contributed by atoms with van der Waals surface area (Å²) in [5.74, 6) is 1.33. The minimum Gasteiger partial charge on any atom is -0.454 e. The fraction of sp³-hybridized carbons (Fsp3) is 0.280. The smallest absolute Gasteiger partial charge is 0.330 e. The van der Waals surface area contributed by atoms with Crippen LogP contribution in [0.15, 0.2) is 58.3 Å². The van der Waals surface area contributed by atoms with E-state index in [4.69, 9.17) is 9.47 Å². The van der Waals surface area contributed by atoms with Gasteiger partial charge in [0.05, 0.1) is 16.6 Å². The molecule has 1 aliphatic rings. The van der Waals surface area contributed by atoms with Crippen molar-refractivity contribution in [1.82, 2.24) is 13.7 Å². The van der Waals surface area contributed by atoms with Gasteiger partial charge in [-0.05, 0) is 28.7 Å². The van der Waals surface area contributed by atoms with Crippen LogP contribution in [0.2, 0.25) is 0 Å². The van der Waals surface area contributed by atoms with Crippen molar-refractivity contribution in [3.63, 3.8) is 0 Å². The Balaban J connectivity index is 1.84. The highest BCUT2D eigenvalue weighted by Gasteiger charge is 2.22. The zero-order chi connectivity index (χ0) is 22.8. The zero-order valence-corrected chi connectivity index (χ0v) is 18.8. The number of benzene rings is 2. The van der Waals surface area contributed by atoms with Crippen molar-refractivity contribution in [3.8, 4) is 28.4 Å². The van der Waals surface area contributed by atoms with Crippen molar-refractivity contribution in [3.05, 3.63) is 75.1 Å². The lowest BCUT2D eigenvalue weighted by Gasteiger charge is -2.19. The summed E-state index contributed by atoms with van der Waals surface area (Å²) in [7, 11) is 3.19. The third kappa shape index (κ3) is 2.96. The number of hydrogen-bond acceptors (Lipinski definition) is 4. The molecule has 5 rings (SSSR count). The number of hydrogen-bond donors (Lipinski definition) is 0. The molecule has 0 aliphatic carbocycles. The van der Waals surface area contributed by atoms with Gasteiger partial charge in [0.1, 0.15) is 0 Å². The van der Waals surface area contributed by atoms with E-state index in [-0.39, 0.29) is 23.5 Å². The van der Waals surface area contributed by atoms with Crippen LogP contribution in [-0.4, -0.2) is 20.5 Å². The fourth-order valence-electron chi connectivity index (χ4n) is 4.19. The molecule has 0 saturated heterocycles. The lowest BCUT2D eigenvalue weighted by Crippen LogP contribution is -2.36. The molecule has 0 saturated carbocycles. The predicted molar refractivity (Wildman–Crippen MR) is 124 cm³/mol. The van der Waals surface area contributed by atoms with Gasteiger partial charge in [-0.3, -0.25) is 13.9 Å². The summed E-state index contributed by atoms with van der Waals surface area (Å²) < 4.78 is 15.6. The van der Waals surface area contributed by atoms with Crippen molar-refractivity contribution in [2.24, 2.45) is 14.1 Å². The van der Waals surface area contributed by atoms with Crippen LogP contribution in [-0.2, 0) is 19.5 Å². The number of fused-ring (bicyclic) bond motifs is 2. The Morgan fingerprint density at radius 1 is 0.875 bits per heavy atom. The molecular weight excluding hydrogens is 406 g/mol. The van der Waals surface area contributed by atoms with Crippen LogP contribution in [0.3, 0.4) is 0 Å². The normalized spacial score (nSPS) is 13.2. The van der Waals surface area contributed by atoms with Gasteiger partial charge in [0.2, 0.25) is 6.79 Å². The van der Waals surface area contributed by atoms with Gasteiger partial charge >= 0.3 is 5.69 Å². The maximum Gasteiger partial charge on any atom is 0.330 e. The molecule has 0 N–H and O–H groups in total. The molecule has 1 aliphatic heterocycles. The Bertz CT molecular complexity index is 1480. The Labute approximate surface area is 185 Å². The van der Waals surface area contributed by atoms with Crippen LogP contribution in [0.4, 0.5) is 0 Å². The summed E-state index contributed by atoms with van der Waals surface area (Å²) in [4.78, 5) is 25.8. The van der Waals surface area contributed by atoms with Crippen molar-refractivity contribution in [1.29, 1.82) is 0 Å². The van der Waals surface area contributed by atoms with Crippen molar-refractivity contribution in [2.75, 3.05) is 6.79 Å². The first-order valence-electron chi connectivity index (χ1n) is 10.5. The molecule has 7 heteroatoms. The third-order valence-corrected chi connectivity index (χ3v) is 6.10. The maximum absolute atomic E-state index is 13.2. The van der Waals surface area contributed by atoms with Crippen LogP contribution < -0.4 is 20.7 Å². The van der Waals surface area contributed by atoms with Gasteiger partial charge in [-0.1, -0.05) is 45.0 Å².